The van der Waals surface area contributed by atoms with E-state index in [2.05, 4.69) is 15.3 Å². The molecule has 0 saturated heterocycles. The van der Waals surface area contributed by atoms with E-state index in [1.807, 2.05) is 31.2 Å². The summed E-state index contributed by atoms with van der Waals surface area (Å²) in [6, 6.07) is 14.1. The summed E-state index contributed by atoms with van der Waals surface area (Å²) in [5.41, 5.74) is 5.55. The number of hydrogen-bond acceptors (Lipinski definition) is 3. The van der Waals surface area contributed by atoms with E-state index in [9.17, 15) is 8.78 Å². The molecule has 2 aromatic rings. The van der Waals surface area contributed by atoms with Crippen LogP contribution < -0.4 is 10.2 Å². The van der Waals surface area contributed by atoms with Crippen LogP contribution in [0.4, 0.5) is 14.5 Å². The van der Waals surface area contributed by atoms with Crippen molar-refractivity contribution >= 4 is 11.9 Å². The highest BCUT2D eigenvalue weighted by atomic mass is 19.3. The number of ether oxygens (including phenoxy) is 1. The summed E-state index contributed by atoms with van der Waals surface area (Å²) in [7, 11) is 0. The second kappa shape index (κ2) is 6.65. The molecule has 1 N–H and O–H groups in total. The van der Waals surface area contributed by atoms with Crippen LogP contribution >= 0.6 is 0 Å². The fourth-order valence-corrected chi connectivity index (χ4v) is 1.58. The summed E-state index contributed by atoms with van der Waals surface area (Å²) in [6.07, 6.45) is 1.54. The maximum absolute atomic E-state index is 12.1. The Morgan fingerprint density at radius 3 is 2.60 bits per heavy atom. The summed E-state index contributed by atoms with van der Waals surface area (Å²) < 4.78 is 28.5. The lowest BCUT2D eigenvalue weighted by Crippen LogP contribution is -2.02. The lowest BCUT2D eigenvalue weighted by molar-refractivity contribution is -0.0498. The Bertz CT molecular complexity index is 583. The number of halogens is 2. The summed E-state index contributed by atoms with van der Waals surface area (Å²) in [5, 5.41) is 4.04. The van der Waals surface area contributed by atoms with Crippen LogP contribution in [0.15, 0.2) is 53.6 Å². The van der Waals surface area contributed by atoms with Crippen LogP contribution in [-0.2, 0) is 0 Å². The van der Waals surface area contributed by atoms with Crippen LogP contribution in [0.5, 0.6) is 5.75 Å². The molecule has 0 atom stereocenters. The second-order valence-corrected chi connectivity index (χ2v) is 4.19. The van der Waals surface area contributed by atoms with Crippen molar-refractivity contribution < 1.29 is 13.5 Å². The Balaban J connectivity index is 1.98. The van der Waals surface area contributed by atoms with E-state index in [4.69, 9.17) is 0 Å². The largest absolute Gasteiger partial charge is 0.435 e. The lowest BCUT2D eigenvalue weighted by Gasteiger charge is -2.04. The quantitative estimate of drug-likeness (QED) is 0.660. The molecule has 0 aliphatic heterocycles. The van der Waals surface area contributed by atoms with E-state index in [1.54, 1.807) is 12.1 Å². The highest BCUT2D eigenvalue weighted by molar-refractivity contribution is 5.80. The summed E-state index contributed by atoms with van der Waals surface area (Å²) in [6.45, 7) is -0.825. The van der Waals surface area contributed by atoms with Gasteiger partial charge in [0.05, 0.1) is 11.9 Å². The van der Waals surface area contributed by atoms with Crippen molar-refractivity contribution in [3.8, 4) is 5.75 Å². The number of aryl methyl sites for hydroxylation is 1. The van der Waals surface area contributed by atoms with Gasteiger partial charge in [-0.2, -0.15) is 13.9 Å². The van der Waals surface area contributed by atoms with Gasteiger partial charge in [-0.1, -0.05) is 29.8 Å². The normalized spacial score (nSPS) is 11.0. The molecule has 0 aliphatic carbocycles. The van der Waals surface area contributed by atoms with Gasteiger partial charge in [-0.15, -0.1) is 0 Å². The van der Waals surface area contributed by atoms with E-state index < -0.39 is 6.61 Å². The van der Waals surface area contributed by atoms with Gasteiger partial charge in [0.1, 0.15) is 5.75 Å². The molecular formula is C15H14F2N2O. The molecule has 0 radical (unpaired) electrons. The first kappa shape index (κ1) is 14.0. The van der Waals surface area contributed by atoms with Crippen molar-refractivity contribution in [3.63, 3.8) is 0 Å². The van der Waals surface area contributed by atoms with Gasteiger partial charge in [-0.3, -0.25) is 5.43 Å². The van der Waals surface area contributed by atoms with E-state index >= 15 is 0 Å². The van der Waals surface area contributed by atoms with Gasteiger partial charge in [0.15, 0.2) is 0 Å². The summed E-state index contributed by atoms with van der Waals surface area (Å²) in [5.74, 6) is 0.110. The maximum atomic E-state index is 12.1. The minimum Gasteiger partial charge on any atom is -0.435 e. The van der Waals surface area contributed by atoms with E-state index in [-0.39, 0.29) is 5.75 Å². The third kappa shape index (κ3) is 4.35. The molecule has 0 aromatic heterocycles. The predicted octanol–water partition coefficient (Wildman–Crippen LogP) is 4.04. The fourth-order valence-electron chi connectivity index (χ4n) is 1.58. The molecule has 104 valence electrons. The Morgan fingerprint density at radius 2 is 1.90 bits per heavy atom. The van der Waals surface area contributed by atoms with E-state index in [1.165, 1.54) is 18.3 Å². The topological polar surface area (TPSA) is 33.6 Å². The first-order valence-corrected chi connectivity index (χ1v) is 6.04. The Kier molecular flexibility index (Phi) is 4.65. The number of hydrogen-bond donors (Lipinski definition) is 1. The van der Waals surface area contributed by atoms with Crippen molar-refractivity contribution in [1.82, 2.24) is 0 Å². The van der Waals surface area contributed by atoms with Crippen molar-refractivity contribution in [2.24, 2.45) is 5.10 Å². The van der Waals surface area contributed by atoms with Gasteiger partial charge in [-0.25, -0.2) is 0 Å². The van der Waals surface area contributed by atoms with Crippen LogP contribution in [0.25, 0.3) is 0 Å². The van der Waals surface area contributed by atoms with Crippen molar-refractivity contribution in [2.75, 3.05) is 5.43 Å². The molecule has 3 nitrogen and oxygen atoms in total. The molecule has 2 rings (SSSR count). The van der Waals surface area contributed by atoms with Crippen molar-refractivity contribution in [2.45, 2.75) is 13.5 Å². The monoisotopic (exact) mass is 276 g/mol. The average Bonchev–Trinajstić information content (AvgIpc) is 2.41. The number of rotatable bonds is 5. The minimum absolute atomic E-state index is 0.110. The maximum Gasteiger partial charge on any atom is 0.387 e. The predicted molar refractivity (Wildman–Crippen MR) is 75.5 cm³/mol. The Labute approximate surface area is 115 Å². The number of alkyl halides is 2. The first-order chi connectivity index (χ1) is 9.63. The molecule has 0 spiro atoms. The molecule has 20 heavy (non-hydrogen) atoms. The zero-order valence-corrected chi connectivity index (χ0v) is 10.9. The van der Waals surface area contributed by atoms with Crippen LogP contribution in [0.3, 0.4) is 0 Å². The first-order valence-electron chi connectivity index (χ1n) is 6.04. The molecule has 0 saturated carbocycles. The molecule has 0 bridgehead atoms. The Morgan fingerprint density at radius 1 is 1.15 bits per heavy atom. The highest BCUT2D eigenvalue weighted by Crippen LogP contribution is 2.15. The van der Waals surface area contributed by atoms with Crippen molar-refractivity contribution in [3.05, 3.63) is 59.7 Å². The minimum atomic E-state index is -2.83. The number of benzene rings is 2. The lowest BCUT2D eigenvalue weighted by atomic mass is 10.2. The number of nitrogens with zero attached hydrogens (tertiary/aromatic N) is 1. The molecule has 2 aromatic carbocycles. The number of nitrogens with one attached hydrogen (secondary N) is 1. The zero-order chi connectivity index (χ0) is 14.4. The third-order valence-corrected chi connectivity index (χ3v) is 2.54. The highest BCUT2D eigenvalue weighted by Gasteiger charge is 2.03. The Hall–Kier alpha value is -2.43. The second-order valence-electron chi connectivity index (χ2n) is 4.19. The van der Waals surface area contributed by atoms with Crippen LogP contribution in [0.2, 0.25) is 0 Å². The smallest absolute Gasteiger partial charge is 0.387 e. The summed E-state index contributed by atoms with van der Waals surface area (Å²) in [4.78, 5) is 0. The molecule has 0 fully saturated rings. The van der Waals surface area contributed by atoms with Crippen LogP contribution in [-0.4, -0.2) is 12.8 Å². The molecule has 0 amide bonds. The molecular weight excluding hydrogens is 262 g/mol. The van der Waals surface area contributed by atoms with E-state index in [0.717, 1.165) is 11.3 Å². The van der Waals surface area contributed by atoms with Gasteiger partial charge >= 0.3 is 6.61 Å². The van der Waals surface area contributed by atoms with Gasteiger partial charge in [0.2, 0.25) is 0 Å². The van der Waals surface area contributed by atoms with Gasteiger partial charge in [0, 0.05) is 0 Å². The van der Waals surface area contributed by atoms with Crippen LogP contribution in [0.1, 0.15) is 11.1 Å². The molecule has 0 heterocycles. The average molecular weight is 276 g/mol. The fraction of sp³-hybridized carbons (Fsp3) is 0.133. The SMILES string of the molecule is Cc1ccc(N/N=C/c2cccc(OC(F)F)c2)cc1. The molecule has 5 heteroatoms. The van der Waals surface area contributed by atoms with Gasteiger partial charge in [-0.05, 0) is 36.8 Å². The standard InChI is InChI=1S/C15H14F2N2O/c1-11-5-7-13(8-6-11)19-18-10-12-3-2-4-14(9-12)20-15(16)17/h2-10,15,19H,1H3/b18-10+. The van der Waals surface area contributed by atoms with Gasteiger partial charge in [0.25, 0.3) is 0 Å². The summed E-state index contributed by atoms with van der Waals surface area (Å²) >= 11 is 0. The number of anilines is 1. The van der Waals surface area contributed by atoms with Crippen molar-refractivity contribution in [1.29, 1.82) is 0 Å². The molecule has 0 unspecified atom stereocenters. The molecule has 0 aliphatic rings. The van der Waals surface area contributed by atoms with Crippen LogP contribution in [0, 0.1) is 6.92 Å². The van der Waals surface area contributed by atoms with E-state index in [0.29, 0.717) is 5.56 Å². The zero-order valence-electron chi connectivity index (χ0n) is 10.9. The van der Waals surface area contributed by atoms with Gasteiger partial charge < -0.3 is 4.74 Å². The number of hydrazone groups is 1. The third-order valence-electron chi connectivity index (χ3n) is 2.54.